The third-order valence-corrected chi connectivity index (χ3v) is 7.27. The zero-order chi connectivity index (χ0) is 18.1. The maximum atomic E-state index is 12.7. The predicted molar refractivity (Wildman–Crippen MR) is 99.5 cm³/mol. The standard InChI is InChI=1S/C21H34N2O3/c1-15-5-10-26-18(15)11-19(24)23(14-16-3-4-16)9-8-22-20(25)17-12-21(13-17)6-2-7-21/h15-18H,2-14H2,1H3,(H,22,25). The molecule has 146 valence electrons. The number of carbonyl (C=O) groups is 2. The molecule has 1 N–H and O–H groups in total. The number of nitrogens with zero attached hydrogens (tertiary/aromatic N) is 1. The second-order valence-electron chi connectivity index (χ2n) is 9.41. The van der Waals surface area contributed by atoms with Crippen molar-refractivity contribution in [1.82, 2.24) is 10.2 Å². The molecule has 3 saturated carbocycles. The van der Waals surface area contributed by atoms with Gasteiger partial charge in [-0.1, -0.05) is 13.3 Å². The van der Waals surface area contributed by atoms with Crippen molar-refractivity contribution >= 4 is 11.8 Å². The Bertz CT molecular complexity index is 533. The summed E-state index contributed by atoms with van der Waals surface area (Å²) in [5.74, 6) is 1.76. The van der Waals surface area contributed by atoms with Crippen molar-refractivity contribution < 1.29 is 14.3 Å². The minimum Gasteiger partial charge on any atom is -0.377 e. The van der Waals surface area contributed by atoms with Crippen molar-refractivity contribution in [2.75, 3.05) is 26.2 Å². The van der Waals surface area contributed by atoms with Crippen LogP contribution < -0.4 is 5.32 Å². The predicted octanol–water partition coefficient (Wildman–Crippen LogP) is 2.74. The molecule has 2 atom stereocenters. The van der Waals surface area contributed by atoms with Crippen LogP contribution in [0.15, 0.2) is 0 Å². The van der Waals surface area contributed by atoms with Crippen LogP contribution in [0, 0.1) is 23.2 Å². The molecule has 1 aliphatic heterocycles. The van der Waals surface area contributed by atoms with E-state index in [4.69, 9.17) is 4.74 Å². The molecular formula is C21H34N2O3. The Balaban J connectivity index is 1.20. The lowest BCUT2D eigenvalue weighted by atomic mass is 9.51. The van der Waals surface area contributed by atoms with E-state index >= 15 is 0 Å². The van der Waals surface area contributed by atoms with Crippen molar-refractivity contribution in [3.8, 4) is 0 Å². The molecular weight excluding hydrogens is 328 g/mol. The van der Waals surface area contributed by atoms with Gasteiger partial charge in [0.1, 0.15) is 0 Å². The molecule has 0 bridgehead atoms. The minimum absolute atomic E-state index is 0.0763. The number of amides is 2. The molecule has 1 saturated heterocycles. The lowest BCUT2D eigenvalue weighted by Gasteiger charge is -2.53. The van der Waals surface area contributed by atoms with Crippen LogP contribution >= 0.6 is 0 Å². The summed E-state index contributed by atoms with van der Waals surface area (Å²) in [6.45, 7) is 5.02. The largest absolute Gasteiger partial charge is 0.377 e. The van der Waals surface area contributed by atoms with Gasteiger partial charge in [0.05, 0.1) is 12.5 Å². The van der Waals surface area contributed by atoms with Crippen molar-refractivity contribution in [3.63, 3.8) is 0 Å². The van der Waals surface area contributed by atoms with Gasteiger partial charge in [0, 0.05) is 32.2 Å². The lowest BCUT2D eigenvalue weighted by molar-refractivity contribution is -0.138. The molecule has 0 aromatic rings. The van der Waals surface area contributed by atoms with Crippen LogP contribution in [-0.4, -0.2) is 49.1 Å². The summed E-state index contributed by atoms with van der Waals surface area (Å²) in [5, 5.41) is 3.09. The van der Waals surface area contributed by atoms with Gasteiger partial charge in [0.15, 0.2) is 0 Å². The van der Waals surface area contributed by atoms with Crippen LogP contribution in [0.2, 0.25) is 0 Å². The Hall–Kier alpha value is -1.10. The van der Waals surface area contributed by atoms with Crippen LogP contribution in [0.1, 0.15) is 64.7 Å². The first-order chi connectivity index (χ1) is 12.5. The van der Waals surface area contributed by atoms with E-state index in [0.29, 0.717) is 36.8 Å². The Labute approximate surface area is 157 Å². The minimum atomic E-state index is 0.0763. The van der Waals surface area contributed by atoms with E-state index in [1.807, 2.05) is 4.90 Å². The fourth-order valence-electron chi connectivity index (χ4n) is 4.96. The van der Waals surface area contributed by atoms with Crippen LogP contribution in [0.3, 0.4) is 0 Å². The third-order valence-electron chi connectivity index (χ3n) is 7.27. The Morgan fingerprint density at radius 3 is 2.54 bits per heavy atom. The quantitative estimate of drug-likeness (QED) is 0.722. The van der Waals surface area contributed by atoms with Gasteiger partial charge in [-0.3, -0.25) is 9.59 Å². The molecule has 1 spiro atoms. The van der Waals surface area contributed by atoms with Crippen LogP contribution in [0.25, 0.3) is 0 Å². The summed E-state index contributed by atoms with van der Waals surface area (Å²) < 4.78 is 5.72. The molecule has 5 heteroatoms. The molecule has 0 aromatic heterocycles. The molecule has 26 heavy (non-hydrogen) atoms. The van der Waals surface area contributed by atoms with Crippen molar-refractivity contribution in [2.24, 2.45) is 23.2 Å². The highest BCUT2D eigenvalue weighted by Crippen LogP contribution is 2.58. The van der Waals surface area contributed by atoms with E-state index in [1.54, 1.807) is 0 Å². The highest BCUT2D eigenvalue weighted by atomic mass is 16.5. The summed E-state index contributed by atoms with van der Waals surface area (Å²) in [4.78, 5) is 27.0. The van der Waals surface area contributed by atoms with Gasteiger partial charge in [0.2, 0.25) is 11.8 Å². The number of rotatable bonds is 8. The SMILES string of the molecule is CC1CCOC1CC(=O)N(CCNC(=O)C1CC2(CCC2)C1)CC1CC1. The summed E-state index contributed by atoms with van der Waals surface area (Å²) >= 11 is 0. The van der Waals surface area contributed by atoms with Gasteiger partial charge in [-0.2, -0.15) is 0 Å². The monoisotopic (exact) mass is 362 g/mol. The summed E-state index contributed by atoms with van der Waals surface area (Å²) in [6.07, 6.45) is 10.2. The van der Waals surface area contributed by atoms with Gasteiger partial charge in [-0.05, 0) is 62.2 Å². The third kappa shape index (κ3) is 4.08. The van der Waals surface area contributed by atoms with E-state index in [2.05, 4.69) is 12.2 Å². The van der Waals surface area contributed by atoms with Crippen molar-refractivity contribution in [1.29, 1.82) is 0 Å². The van der Waals surface area contributed by atoms with Crippen LogP contribution in [0.5, 0.6) is 0 Å². The van der Waals surface area contributed by atoms with Gasteiger partial charge in [-0.25, -0.2) is 0 Å². The number of carbonyl (C=O) groups excluding carboxylic acids is 2. The first kappa shape index (κ1) is 18.3. The topological polar surface area (TPSA) is 58.6 Å². The van der Waals surface area contributed by atoms with E-state index in [1.165, 1.54) is 32.1 Å². The highest BCUT2D eigenvalue weighted by molar-refractivity contribution is 5.80. The molecule has 1 heterocycles. The summed E-state index contributed by atoms with van der Waals surface area (Å²) in [6, 6.07) is 0. The second-order valence-corrected chi connectivity index (χ2v) is 9.41. The Morgan fingerprint density at radius 1 is 1.19 bits per heavy atom. The van der Waals surface area contributed by atoms with Crippen molar-refractivity contribution in [2.45, 2.75) is 70.8 Å². The molecule has 4 rings (SSSR count). The maximum Gasteiger partial charge on any atom is 0.225 e. The summed E-state index contributed by atoms with van der Waals surface area (Å²) in [5.41, 5.74) is 0.536. The average molecular weight is 363 g/mol. The van der Waals surface area contributed by atoms with Crippen molar-refractivity contribution in [3.05, 3.63) is 0 Å². The molecule has 4 fully saturated rings. The number of hydrogen-bond donors (Lipinski definition) is 1. The van der Waals surface area contributed by atoms with Crippen LogP contribution in [-0.2, 0) is 14.3 Å². The Morgan fingerprint density at radius 2 is 1.96 bits per heavy atom. The Kier molecular flexibility index (Phi) is 5.27. The molecule has 0 radical (unpaired) electrons. The van der Waals surface area contributed by atoms with E-state index in [-0.39, 0.29) is 23.8 Å². The van der Waals surface area contributed by atoms with E-state index in [9.17, 15) is 9.59 Å². The fraction of sp³-hybridized carbons (Fsp3) is 0.905. The molecule has 3 aliphatic carbocycles. The number of hydrogen-bond acceptors (Lipinski definition) is 3. The second kappa shape index (κ2) is 7.49. The van der Waals surface area contributed by atoms with E-state index < -0.39 is 0 Å². The average Bonchev–Trinajstić information content (AvgIpc) is 3.26. The molecule has 0 aromatic carbocycles. The first-order valence-electron chi connectivity index (χ1n) is 10.7. The zero-order valence-corrected chi connectivity index (χ0v) is 16.2. The smallest absolute Gasteiger partial charge is 0.225 e. The number of nitrogens with one attached hydrogen (secondary N) is 1. The van der Waals surface area contributed by atoms with E-state index in [0.717, 1.165) is 32.4 Å². The van der Waals surface area contributed by atoms with Gasteiger partial charge < -0.3 is 15.0 Å². The fourth-order valence-corrected chi connectivity index (χ4v) is 4.96. The zero-order valence-electron chi connectivity index (χ0n) is 16.2. The van der Waals surface area contributed by atoms with Gasteiger partial charge in [-0.15, -0.1) is 0 Å². The molecule has 4 aliphatic rings. The molecule has 2 unspecified atom stereocenters. The van der Waals surface area contributed by atoms with Gasteiger partial charge >= 0.3 is 0 Å². The maximum absolute atomic E-state index is 12.7. The molecule has 5 nitrogen and oxygen atoms in total. The lowest BCUT2D eigenvalue weighted by Crippen LogP contribution is -2.50. The summed E-state index contributed by atoms with van der Waals surface area (Å²) in [7, 11) is 0. The normalized spacial score (nSPS) is 29.9. The molecule has 2 amide bonds. The van der Waals surface area contributed by atoms with Gasteiger partial charge in [0.25, 0.3) is 0 Å². The highest BCUT2D eigenvalue weighted by Gasteiger charge is 2.50. The van der Waals surface area contributed by atoms with Crippen LogP contribution in [0.4, 0.5) is 0 Å². The number of ether oxygens (including phenoxy) is 1. The first-order valence-corrected chi connectivity index (χ1v) is 10.7.